The predicted molar refractivity (Wildman–Crippen MR) is 152 cm³/mol. The summed E-state index contributed by atoms with van der Waals surface area (Å²) >= 11 is 13.1. The Morgan fingerprint density at radius 1 is 1.22 bits per heavy atom. The van der Waals surface area contributed by atoms with Gasteiger partial charge in [-0.2, -0.15) is 5.26 Å². The van der Waals surface area contributed by atoms with Crippen molar-refractivity contribution >= 4 is 57.7 Å². The normalized spacial score (nSPS) is 17.6. The zero-order chi connectivity index (χ0) is 26.7. The molecule has 0 bridgehead atoms. The first-order valence-electron chi connectivity index (χ1n) is 12.0. The Bertz CT molecular complexity index is 1360. The number of nitriles is 1. The number of halogens is 1. The molecule has 0 spiro atoms. The number of thioether (sulfide) groups is 1. The molecule has 11 heteroatoms. The summed E-state index contributed by atoms with van der Waals surface area (Å²) in [5.41, 5.74) is 1.75. The molecule has 1 aromatic heterocycles. The highest BCUT2D eigenvalue weighted by Gasteiger charge is 2.34. The fourth-order valence-electron chi connectivity index (χ4n) is 4.67. The first kappa shape index (κ1) is 27.4. The van der Waals surface area contributed by atoms with E-state index in [-0.39, 0.29) is 30.2 Å². The van der Waals surface area contributed by atoms with Gasteiger partial charge in [0.2, 0.25) is 0 Å². The van der Waals surface area contributed by atoms with Gasteiger partial charge in [0, 0.05) is 49.9 Å². The average Bonchev–Trinajstić information content (AvgIpc) is 3.15. The summed E-state index contributed by atoms with van der Waals surface area (Å²) in [4.78, 5) is 32.9. The SMILES string of the molecule is CCn1c(N2CCN(CCO)CC2)c(/C=C2\SC(=S)N(Cc3ccccc3Cl)C2=O)c(C)c(C#N)c1=O. The van der Waals surface area contributed by atoms with Gasteiger partial charge in [-0.25, -0.2) is 0 Å². The minimum atomic E-state index is -0.335. The maximum absolute atomic E-state index is 13.5. The Kier molecular flexibility index (Phi) is 8.72. The topological polar surface area (TPSA) is 92.8 Å². The third-order valence-electron chi connectivity index (χ3n) is 6.69. The smallest absolute Gasteiger partial charge is 0.270 e. The van der Waals surface area contributed by atoms with Gasteiger partial charge in [0.05, 0.1) is 18.1 Å². The van der Waals surface area contributed by atoms with Gasteiger partial charge < -0.3 is 10.0 Å². The Morgan fingerprint density at radius 3 is 2.54 bits per heavy atom. The Labute approximate surface area is 230 Å². The Balaban J connectivity index is 1.76. The molecule has 2 aromatic rings. The highest BCUT2D eigenvalue weighted by atomic mass is 35.5. The molecule has 0 atom stereocenters. The number of hydrogen-bond acceptors (Lipinski definition) is 8. The number of β-amino-alcohol motifs (C(OH)–C–C–N with tert-alkyl or cyclic N) is 1. The van der Waals surface area contributed by atoms with Gasteiger partial charge in [0.25, 0.3) is 11.5 Å². The quantitative estimate of drug-likeness (QED) is 0.410. The molecule has 4 rings (SSSR count). The van der Waals surface area contributed by atoms with Crippen molar-refractivity contribution in [1.29, 1.82) is 5.26 Å². The third-order valence-corrected chi connectivity index (χ3v) is 8.43. The summed E-state index contributed by atoms with van der Waals surface area (Å²) in [6.45, 7) is 7.73. The van der Waals surface area contributed by atoms with Crippen LogP contribution < -0.4 is 10.5 Å². The van der Waals surface area contributed by atoms with Gasteiger partial charge in [-0.15, -0.1) is 0 Å². The largest absolute Gasteiger partial charge is 0.395 e. The second kappa shape index (κ2) is 11.8. The fourth-order valence-corrected chi connectivity index (χ4v) is 6.10. The lowest BCUT2D eigenvalue weighted by Crippen LogP contribution is -2.49. The van der Waals surface area contributed by atoms with E-state index in [0.29, 0.717) is 57.4 Å². The van der Waals surface area contributed by atoms with Gasteiger partial charge in [-0.1, -0.05) is 53.8 Å². The van der Waals surface area contributed by atoms with Crippen LogP contribution in [0.1, 0.15) is 29.2 Å². The van der Waals surface area contributed by atoms with Crippen LogP contribution in [0.4, 0.5) is 5.82 Å². The molecule has 0 unspecified atom stereocenters. The number of anilines is 1. The highest BCUT2D eigenvalue weighted by molar-refractivity contribution is 8.26. The molecule has 2 saturated heterocycles. The number of hydrogen-bond donors (Lipinski definition) is 1. The molecular formula is C26H28ClN5O3S2. The van der Waals surface area contributed by atoms with Crippen LogP contribution in [0, 0.1) is 18.3 Å². The average molecular weight is 558 g/mol. The summed E-state index contributed by atoms with van der Waals surface area (Å²) in [6.07, 6.45) is 1.77. The second-order valence-corrected chi connectivity index (χ2v) is 10.9. The van der Waals surface area contributed by atoms with Gasteiger partial charge in [-0.05, 0) is 37.1 Å². The number of aliphatic hydroxyl groups excluding tert-OH is 1. The molecular weight excluding hydrogens is 530 g/mol. The maximum Gasteiger partial charge on any atom is 0.270 e. The first-order valence-corrected chi connectivity index (χ1v) is 13.6. The Morgan fingerprint density at radius 2 is 1.92 bits per heavy atom. The fraction of sp³-hybridized carbons (Fsp3) is 0.385. The van der Waals surface area contributed by atoms with Crippen molar-refractivity contribution in [3.8, 4) is 6.07 Å². The molecule has 3 heterocycles. The molecule has 194 valence electrons. The number of benzene rings is 1. The van der Waals surface area contributed by atoms with Gasteiger partial charge >= 0.3 is 0 Å². The summed E-state index contributed by atoms with van der Waals surface area (Å²) in [7, 11) is 0. The van der Waals surface area contributed by atoms with Crippen molar-refractivity contribution < 1.29 is 9.90 Å². The monoisotopic (exact) mass is 557 g/mol. The molecule has 0 aliphatic carbocycles. The number of nitrogens with zero attached hydrogens (tertiary/aromatic N) is 5. The van der Waals surface area contributed by atoms with E-state index in [1.54, 1.807) is 23.6 Å². The number of piperazine rings is 1. The van der Waals surface area contributed by atoms with E-state index in [9.17, 15) is 20.0 Å². The lowest BCUT2D eigenvalue weighted by atomic mass is 10.0. The number of aliphatic hydroxyl groups is 1. The minimum absolute atomic E-state index is 0.0716. The van der Waals surface area contributed by atoms with Crippen molar-refractivity contribution in [3.63, 3.8) is 0 Å². The van der Waals surface area contributed by atoms with E-state index in [0.717, 1.165) is 18.7 Å². The second-order valence-electron chi connectivity index (χ2n) is 8.81. The van der Waals surface area contributed by atoms with E-state index < -0.39 is 0 Å². The molecule has 37 heavy (non-hydrogen) atoms. The number of carbonyl (C=O) groups excluding carboxylic acids is 1. The molecule has 2 aliphatic heterocycles. The summed E-state index contributed by atoms with van der Waals surface area (Å²) in [5.74, 6) is 0.463. The minimum Gasteiger partial charge on any atom is -0.395 e. The van der Waals surface area contributed by atoms with Crippen molar-refractivity contribution in [2.45, 2.75) is 26.9 Å². The maximum atomic E-state index is 13.5. The van der Waals surface area contributed by atoms with Gasteiger partial charge in [0.15, 0.2) is 0 Å². The zero-order valence-electron chi connectivity index (χ0n) is 20.7. The van der Waals surface area contributed by atoms with E-state index in [2.05, 4.69) is 15.9 Å². The predicted octanol–water partition coefficient (Wildman–Crippen LogP) is 3.22. The number of thiocarbonyl (C=S) groups is 1. The van der Waals surface area contributed by atoms with Crippen LogP contribution in [0.15, 0.2) is 34.0 Å². The number of aromatic nitrogens is 1. The van der Waals surface area contributed by atoms with Crippen LogP contribution in [0.25, 0.3) is 6.08 Å². The van der Waals surface area contributed by atoms with Crippen molar-refractivity contribution in [2.24, 2.45) is 0 Å². The number of rotatable bonds is 7. The summed E-state index contributed by atoms with van der Waals surface area (Å²) in [5, 5.41) is 19.6. The molecule has 2 aliphatic rings. The summed E-state index contributed by atoms with van der Waals surface area (Å²) < 4.78 is 2.04. The van der Waals surface area contributed by atoms with Gasteiger partial charge in [-0.3, -0.25) is 24.0 Å². The van der Waals surface area contributed by atoms with Crippen LogP contribution in [0.3, 0.4) is 0 Å². The van der Waals surface area contributed by atoms with Crippen LogP contribution in [-0.4, -0.2) is 69.0 Å². The van der Waals surface area contributed by atoms with Crippen molar-refractivity contribution in [2.75, 3.05) is 44.2 Å². The molecule has 1 aromatic carbocycles. The molecule has 2 fully saturated rings. The van der Waals surface area contributed by atoms with Crippen LogP contribution in [0.5, 0.6) is 0 Å². The van der Waals surface area contributed by atoms with Crippen molar-refractivity contribution in [3.05, 3.63) is 66.8 Å². The number of pyridine rings is 1. The molecule has 0 saturated carbocycles. The molecule has 0 radical (unpaired) electrons. The lowest BCUT2D eigenvalue weighted by Gasteiger charge is -2.37. The highest BCUT2D eigenvalue weighted by Crippen LogP contribution is 2.37. The van der Waals surface area contributed by atoms with Gasteiger partial charge in [0.1, 0.15) is 21.8 Å². The summed E-state index contributed by atoms with van der Waals surface area (Å²) in [6, 6.07) is 9.40. The lowest BCUT2D eigenvalue weighted by molar-refractivity contribution is -0.122. The van der Waals surface area contributed by atoms with Crippen LogP contribution in [-0.2, 0) is 17.9 Å². The van der Waals surface area contributed by atoms with Crippen LogP contribution in [0.2, 0.25) is 5.02 Å². The van der Waals surface area contributed by atoms with Crippen molar-refractivity contribution in [1.82, 2.24) is 14.4 Å². The van der Waals surface area contributed by atoms with E-state index in [1.165, 1.54) is 16.7 Å². The third kappa shape index (κ3) is 5.47. The molecule has 8 nitrogen and oxygen atoms in total. The Hall–Kier alpha value is -2.68. The molecule has 1 N–H and O–H groups in total. The zero-order valence-corrected chi connectivity index (χ0v) is 23.1. The molecule has 1 amide bonds. The van der Waals surface area contributed by atoms with E-state index in [4.69, 9.17) is 23.8 Å². The van der Waals surface area contributed by atoms with Crippen LogP contribution >= 0.6 is 35.6 Å². The first-order chi connectivity index (χ1) is 17.8. The van der Waals surface area contributed by atoms with E-state index >= 15 is 0 Å². The number of carbonyl (C=O) groups is 1. The van der Waals surface area contributed by atoms with E-state index in [1.807, 2.05) is 25.1 Å². The number of amides is 1. The standard InChI is InChI=1S/C26H28ClN5O3S2/c1-3-31-23(30-10-8-29(9-11-30)12-13-33)19(17(2)20(15-28)24(31)34)14-22-25(35)32(26(36)37-22)16-18-6-4-5-7-21(18)27/h4-7,14,33H,3,8-13,16H2,1-2H3/b22-14-.